The van der Waals surface area contributed by atoms with Crippen molar-refractivity contribution in [1.82, 2.24) is 19.2 Å². The zero-order valence-electron chi connectivity index (χ0n) is 16.3. The quantitative estimate of drug-likeness (QED) is 0.630. The zero-order valence-corrected chi connectivity index (χ0v) is 17.9. The third-order valence-electron chi connectivity index (χ3n) is 5.49. The molecule has 28 heavy (non-hydrogen) atoms. The van der Waals surface area contributed by atoms with Gasteiger partial charge in [-0.15, -0.1) is 0 Å². The minimum absolute atomic E-state index is 0.316. The smallest absolute Gasteiger partial charge is 0.243 e. The molecule has 1 saturated heterocycles. The van der Waals surface area contributed by atoms with E-state index < -0.39 is 10.0 Å². The van der Waals surface area contributed by atoms with Gasteiger partial charge in [-0.05, 0) is 60.0 Å². The largest absolute Gasteiger partial charge is 0.341 e. The number of rotatable bonds is 7. The van der Waals surface area contributed by atoms with Crippen LogP contribution in [-0.2, 0) is 16.6 Å². The molecular formula is C20H26N4O2S2. The predicted molar refractivity (Wildman–Crippen MR) is 113 cm³/mol. The van der Waals surface area contributed by atoms with Crippen molar-refractivity contribution in [2.75, 3.05) is 19.6 Å². The van der Waals surface area contributed by atoms with Crippen molar-refractivity contribution >= 4 is 32.4 Å². The van der Waals surface area contributed by atoms with Gasteiger partial charge in [0.15, 0.2) is 0 Å². The number of thiophene rings is 1. The third-order valence-corrected chi connectivity index (χ3v) is 8.24. The Bertz CT molecular complexity index is 1040. The lowest BCUT2D eigenvalue weighted by molar-refractivity contribution is 0.243. The van der Waals surface area contributed by atoms with Gasteiger partial charge in [-0.3, -0.25) is 4.90 Å². The van der Waals surface area contributed by atoms with Gasteiger partial charge in [0, 0.05) is 19.1 Å². The number of nitrogens with zero attached hydrogens (tertiary/aromatic N) is 3. The molecule has 4 rings (SSSR count). The number of fused-ring (bicyclic) bond motifs is 1. The van der Waals surface area contributed by atoms with Gasteiger partial charge in [-0.1, -0.05) is 13.8 Å². The summed E-state index contributed by atoms with van der Waals surface area (Å²) in [6, 6.07) is 7.81. The van der Waals surface area contributed by atoms with E-state index in [1.807, 2.05) is 13.8 Å². The molecule has 1 aromatic carbocycles. The van der Waals surface area contributed by atoms with E-state index in [1.54, 1.807) is 29.5 Å². The molecule has 6 nitrogen and oxygen atoms in total. The van der Waals surface area contributed by atoms with Crippen LogP contribution >= 0.6 is 11.3 Å². The Morgan fingerprint density at radius 3 is 2.82 bits per heavy atom. The number of H-pyrrole nitrogens is 1. The van der Waals surface area contributed by atoms with Crippen molar-refractivity contribution < 1.29 is 8.42 Å². The summed E-state index contributed by atoms with van der Waals surface area (Å²) in [6.07, 6.45) is 2.36. The fraction of sp³-hybridized carbons (Fsp3) is 0.450. The Morgan fingerprint density at radius 1 is 1.29 bits per heavy atom. The molecule has 1 atom stereocenters. The van der Waals surface area contributed by atoms with E-state index in [4.69, 9.17) is 4.98 Å². The van der Waals surface area contributed by atoms with E-state index in [0.29, 0.717) is 24.0 Å². The molecule has 0 unspecified atom stereocenters. The van der Waals surface area contributed by atoms with Crippen LogP contribution in [0.3, 0.4) is 0 Å². The molecule has 0 radical (unpaired) electrons. The highest BCUT2D eigenvalue weighted by molar-refractivity contribution is 7.89. The number of aromatic nitrogens is 2. The van der Waals surface area contributed by atoms with Gasteiger partial charge in [-0.2, -0.15) is 15.6 Å². The van der Waals surface area contributed by atoms with Crippen LogP contribution in [0.4, 0.5) is 0 Å². The Kier molecular flexibility index (Phi) is 5.55. The van der Waals surface area contributed by atoms with Gasteiger partial charge in [0.1, 0.15) is 5.82 Å². The molecule has 8 heteroatoms. The fourth-order valence-electron chi connectivity index (χ4n) is 4.04. The van der Waals surface area contributed by atoms with Crippen LogP contribution in [0.1, 0.15) is 44.1 Å². The summed E-state index contributed by atoms with van der Waals surface area (Å²) in [7, 11) is -3.47. The Morgan fingerprint density at radius 2 is 2.11 bits per heavy atom. The van der Waals surface area contributed by atoms with Gasteiger partial charge in [-0.25, -0.2) is 13.4 Å². The third kappa shape index (κ3) is 3.61. The maximum atomic E-state index is 12.8. The van der Waals surface area contributed by atoms with E-state index in [1.165, 1.54) is 22.7 Å². The molecular weight excluding hydrogens is 392 g/mol. The van der Waals surface area contributed by atoms with Gasteiger partial charge in [0.25, 0.3) is 0 Å². The van der Waals surface area contributed by atoms with Crippen molar-refractivity contribution in [1.29, 1.82) is 0 Å². The second kappa shape index (κ2) is 7.94. The van der Waals surface area contributed by atoms with Gasteiger partial charge in [0.05, 0.1) is 22.5 Å². The maximum absolute atomic E-state index is 12.8. The lowest BCUT2D eigenvalue weighted by Crippen LogP contribution is -2.30. The summed E-state index contributed by atoms with van der Waals surface area (Å²) in [5.74, 6) is 0.884. The lowest BCUT2D eigenvalue weighted by atomic mass is 10.1. The van der Waals surface area contributed by atoms with Gasteiger partial charge >= 0.3 is 0 Å². The van der Waals surface area contributed by atoms with Crippen LogP contribution in [0.15, 0.2) is 39.9 Å². The summed E-state index contributed by atoms with van der Waals surface area (Å²) in [5.41, 5.74) is 2.96. The van der Waals surface area contributed by atoms with Crippen LogP contribution < -0.4 is 0 Å². The van der Waals surface area contributed by atoms with E-state index in [2.05, 4.69) is 26.7 Å². The van der Waals surface area contributed by atoms with Crippen molar-refractivity contribution in [3.8, 4) is 0 Å². The summed E-state index contributed by atoms with van der Waals surface area (Å²) < 4.78 is 27.0. The minimum Gasteiger partial charge on any atom is -0.341 e. The van der Waals surface area contributed by atoms with Crippen LogP contribution in [0.25, 0.3) is 11.0 Å². The van der Waals surface area contributed by atoms with Crippen molar-refractivity contribution in [2.24, 2.45) is 0 Å². The number of hydrogen-bond donors (Lipinski definition) is 1. The maximum Gasteiger partial charge on any atom is 0.243 e. The molecule has 0 spiro atoms. The average molecular weight is 419 g/mol. The molecule has 0 bridgehead atoms. The normalized spacial score (nSPS) is 18.5. The topological polar surface area (TPSA) is 69.3 Å². The van der Waals surface area contributed by atoms with Crippen LogP contribution in [0.2, 0.25) is 0 Å². The molecule has 3 aromatic rings. The first-order valence-electron chi connectivity index (χ1n) is 9.78. The predicted octanol–water partition coefficient (Wildman–Crippen LogP) is 3.99. The number of likely N-dealkylation sites (tertiary alicyclic amines) is 1. The zero-order chi connectivity index (χ0) is 19.7. The van der Waals surface area contributed by atoms with E-state index in [0.717, 1.165) is 29.9 Å². The summed E-state index contributed by atoms with van der Waals surface area (Å²) in [5, 5.41) is 4.36. The standard InChI is InChI=1S/C20H26N4O2S2/c1-3-24(4-2)28(25,26)16-7-8-17-18(12-16)22-20(21-17)13-23-10-5-6-19(23)15-9-11-27-14-15/h7-9,11-12,14,19H,3-6,10,13H2,1-2H3,(H,21,22)/t19-/m1/s1. The monoisotopic (exact) mass is 418 g/mol. The van der Waals surface area contributed by atoms with E-state index >= 15 is 0 Å². The highest BCUT2D eigenvalue weighted by atomic mass is 32.2. The Balaban J connectivity index is 1.59. The minimum atomic E-state index is -3.47. The second-order valence-electron chi connectivity index (χ2n) is 7.14. The number of benzene rings is 1. The van der Waals surface area contributed by atoms with Crippen LogP contribution in [0, 0.1) is 0 Å². The van der Waals surface area contributed by atoms with Gasteiger partial charge < -0.3 is 4.98 Å². The SMILES string of the molecule is CCN(CC)S(=O)(=O)c1ccc2nc(CN3CCC[C@@H]3c3ccsc3)[nH]c2c1. The van der Waals surface area contributed by atoms with Gasteiger partial charge in [0.2, 0.25) is 10.0 Å². The average Bonchev–Trinajstić information content (AvgIpc) is 3.42. The number of aromatic amines is 1. The highest BCUT2D eigenvalue weighted by Crippen LogP contribution is 2.34. The molecule has 1 aliphatic rings. The van der Waals surface area contributed by atoms with Crippen LogP contribution in [0.5, 0.6) is 0 Å². The molecule has 0 amide bonds. The van der Waals surface area contributed by atoms with E-state index in [9.17, 15) is 8.42 Å². The van der Waals surface area contributed by atoms with Crippen molar-refractivity contribution in [2.45, 2.75) is 44.2 Å². The van der Waals surface area contributed by atoms with E-state index in [-0.39, 0.29) is 0 Å². The number of sulfonamides is 1. The highest BCUT2D eigenvalue weighted by Gasteiger charge is 2.27. The number of nitrogens with one attached hydrogen (secondary N) is 1. The molecule has 1 aliphatic heterocycles. The first-order valence-corrected chi connectivity index (χ1v) is 12.2. The molecule has 0 saturated carbocycles. The molecule has 1 fully saturated rings. The molecule has 150 valence electrons. The number of hydrogen-bond acceptors (Lipinski definition) is 5. The fourth-order valence-corrected chi connectivity index (χ4v) is 6.23. The second-order valence-corrected chi connectivity index (χ2v) is 9.85. The van der Waals surface area contributed by atoms with Crippen molar-refractivity contribution in [3.63, 3.8) is 0 Å². The lowest BCUT2D eigenvalue weighted by Gasteiger charge is -2.22. The Hall–Kier alpha value is -1.74. The summed E-state index contributed by atoms with van der Waals surface area (Å²) in [6.45, 7) is 6.43. The summed E-state index contributed by atoms with van der Waals surface area (Å²) in [4.78, 5) is 10.8. The number of imidazole rings is 1. The summed E-state index contributed by atoms with van der Waals surface area (Å²) >= 11 is 1.74. The molecule has 3 heterocycles. The van der Waals surface area contributed by atoms with Crippen LogP contribution in [-0.4, -0.2) is 47.2 Å². The first kappa shape index (κ1) is 19.6. The molecule has 2 aromatic heterocycles. The molecule has 1 N–H and O–H groups in total. The molecule has 0 aliphatic carbocycles. The Labute approximate surface area is 170 Å². The first-order chi connectivity index (χ1) is 13.5. The van der Waals surface area contributed by atoms with Crippen molar-refractivity contribution in [3.05, 3.63) is 46.4 Å².